The fourth-order valence-corrected chi connectivity index (χ4v) is 6.71. The lowest BCUT2D eigenvalue weighted by Crippen LogP contribution is -2.17. The summed E-state index contributed by atoms with van der Waals surface area (Å²) >= 11 is 0.809. The number of benzene rings is 4. The number of hydrogen-bond donors (Lipinski definition) is 0. The summed E-state index contributed by atoms with van der Waals surface area (Å²) in [5, 5.41) is 19.0. The average Bonchev–Trinajstić information content (AvgIpc) is 3.60. The summed E-state index contributed by atoms with van der Waals surface area (Å²) < 4.78 is 98.7. The van der Waals surface area contributed by atoms with Crippen molar-refractivity contribution in [1.29, 1.82) is 10.5 Å². The molecule has 0 spiro atoms. The average molecular weight is 730 g/mol. The first-order valence-corrected chi connectivity index (χ1v) is 17.1. The molecule has 0 unspecified atom stereocenters. The molecular formula is C41H30F7N3S. The highest BCUT2D eigenvalue weighted by Crippen LogP contribution is 2.42. The van der Waals surface area contributed by atoms with Crippen LogP contribution in [0.15, 0.2) is 90.5 Å². The topological polar surface area (TPSA) is 50.8 Å². The summed E-state index contributed by atoms with van der Waals surface area (Å²) in [6.45, 7) is 4.27. The van der Waals surface area contributed by atoms with Crippen molar-refractivity contribution in [2.45, 2.75) is 45.7 Å². The minimum atomic E-state index is -5.75. The molecule has 0 N–H and O–H groups in total. The second kappa shape index (κ2) is 16.1. The van der Waals surface area contributed by atoms with E-state index in [9.17, 15) is 32.5 Å². The van der Waals surface area contributed by atoms with Gasteiger partial charge in [0.25, 0.3) is 0 Å². The second-order valence-corrected chi connectivity index (χ2v) is 12.9. The molecule has 0 saturated carbocycles. The van der Waals surface area contributed by atoms with E-state index >= 15 is 8.78 Å². The van der Waals surface area contributed by atoms with Crippen LogP contribution in [0.5, 0.6) is 0 Å². The van der Waals surface area contributed by atoms with Crippen LogP contribution in [0, 0.1) is 45.9 Å². The number of allylic oxidation sites excluding steroid dienone is 1. The summed E-state index contributed by atoms with van der Waals surface area (Å²) in [6.07, 6.45) is 1.67. The molecule has 0 aliphatic rings. The maximum Gasteiger partial charge on any atom is 0.422 e. The molecule has 0 atom stereocenters. The molecule has 0 saturated heterocycles. The summed E-state index contributed by atoms with van der Waals surface area (Å²) in [4.78, 5) is 2.42. The first kappa shape index (κ1) is 37.6. The smallest absolute Gasteiger partial charge is 0.311 e. The van der Waals surface area contributed by atoms with Crippen LogP contribution in [0.25, 0.3) is 17.7 Å². The van der Waals surface area contributed by atoms with Crippen LogP contribution in [0.2, 0.25) is 0 Å². The van der Waals surface area contributed by atoms with Crippen molar-refractivity contribution in [3.63, 3.8) is 0 Å². The molecule has 0 radical (unpaired) electrons. The Morgan fingerprint density at radius 2 is 1.12 bits per heavy atom. The Kier molecular flexibility index (Phi) is 11.7. The van der Waals surface area contributed by atoms with Gasteiger partial charge in [-0.15, -0.1) is 11.3 Å². The molecule has 1 aromatic heterocycles. The molecule has 0 amide bonds. The third-order valence-corrected chi connectivity index (χ3v) is 9.27. The van der Waals surface area contributed by atoms with Gasteiger partial charge in [0.05, 0.1) is 5.56 Å². The van der Waals surface area contributed by atoms with E-state index in [0.29, 0.717) is 4.88 Å². The summed E-state index contributed by atoms with van der Waals surface area (Å²) in [7, 11) is 0. The molecule has 11 heteroatoms. The van der Waals surface area contributed by atoms with E-state index in [0.717, 1.165) is 59.6 Å². The third-order valence-electron chi connectivity index (χ3n) is 8.20. The monoisotopic (exact) mass is 729 g/mol. The van der Waals surface area contributed by atoms with Gasteiger partial charge in [-0.3, -0.25) is 0 Å². The standard InChI is InChI=1S/C41H30F7N3S/c1-3-5-25-7-14-29(15-8-25)51(30-16-9-26(6-4-2)10-17-30)31-18-11-27(12-19-31)13-20-32-21-22-33(52-32)34(28(23-49)24-50)35-37(42)39(44)36(41(46,47)48)40(45)38(35)43/h7-22H,3-6H2,1-2H3/b20-13+. The number of aryl methyl sites for hydroxylation is 2. The zero-order chi connectivity index (χ0) is 37.6. The van der Waals surface area contributed by atoms with Crippen molar-refractivity contribution >= 4 is 46.1 Å². The van der Waals surface area contributed by atoms with Gasteiger partial charge in [0.15, 0.2) is 23.3 Å². The molecule has 5 aromatic rings. The first-order valence-electron chi connectivity index (χ1n) is 16.3. The minimum absolute atomic E-state index is 0.171. The molecule has 264 valence electrons. The van der Waals surface area contributed by atoms with Crippen LogP contribution >= 0.6 is 11.3 Å². The number of rotatable bonds is 11. The van der Waals surface area contributed by atoms with Gasteiger partial charge >= 0.3 is 6.18 Å². The van der Waals surface area contributed by atoms with E-state index < -0.39 is 51.7 Å². The number of alkyl halides is 3. The van der Waals surface area contributed by atoms with Crippen LogP contribution in [-0.2, 0) is 19.0 Å². The normalized spacial score (nSPS) is 11.4. The van der Waals surface area contributed by atoms with Gasteiger partial charge in [0, 0.05) is 32.4 Å². The van der Waals surface area contributed by atoms with Gasteiger partial charge in [-0.1, -0.05) is 69.2 Å². The molecular weight excluding hydrogens is 700 g/mol. The summed E-state index contributed by atoms with van der Waals surface area (Å²) in [6, 6.07) is 30.0. The van der Waals surface area contributed by atoms with Crippen molar-refractivity contribution in [3.05, 3.63) is 151 Å². The highest BCUT2D eigenvalue weighted by molar-refractivity contribution is 7.14. The predicted octanol–water partition coefficient (Wildman–Crippen LogP) is 12.7. The number of nitrogens with zero attached hydrogens (tertiary/aromatic N) is 3. The van der Waals surface area contributed by atoms with Crippen molar-refractivity contribution < 1.29 is 30.7 Å². The van der Waals surface area contributed by atoms with Crippen LogP contribution in [-0.4, -0.2) is 0 Å². The Labute approximate surface area is 300 Å². The van der Waals surface area contributed by atoms with Crippen molar-refractivity contribution in [2.24, 2.45) is 0 Å². The van der Waals surface area contributed by atoms with Crippen molar-refractivity contribution in [3.8, 4) is 12.1 Å². The quantitative estimate of drug-likeness (QED) is 0.0773. The van der Waals surface area contributed by atoms with E-state index in [1.165, 1.54) is 35.4 Å². The maximum absolute atomic E-state index is 15.0. The lowest BCUT2D eigenvalue weighted by molar-refractivity contribution is -0.143. The zero-order valence-electron chi connectivity index (χ0n) is 28.0. The number of halogens is 7. The van der Waals surface area contributed by atoms with Gasteiger partial charge in [0.1, 0.15) is 23.3 Å². The molecule has 4 aromatic carbocycles. The molecule has 0 aliphatic heterocycles. The molecule has 5 rings (SSSR count). The Balaban J connectivity index is 1.47. The van der Waals surface area contributed by atoms with Gasteiger partial charge in [-0.25, -0.2) is 17.6 Å². The van der Waals surface area contributed by atoms with E-state index in [2.05, 4.69) is 67.3 Å². The SMILES string of the molecule is CCCc1ccc(N(c2ccc(/C=C/c3ccc(C(=C(C#N)C#N)c4c(F)c(F)c(C(F)(F)F)c(F)c4F)s3)cc2)c2ccc(CCC)cc2)cc1. The molecule has 52 heavy (non-hydrogen) atoms. The first-order chi connectivity index (χ1) is 24.9. The third kappa shape index (κ3) is 7.96. The van der Waals surface area contributed by atoms with Crippen molar-refractivity contribution in [1.82, 2.24) is 0 Å². The van der Waals surface area contributed by atoms with E-state index in [1.807, 2.05) is 24.3 Å². The predicted molar refractivity (Wildman–Crippen MR) is 191 cm³/mol. The van der Waals surface area contributed by atoms with E-state index in [1.54, 1.807) is 12.2 Å². The lowest BCUT2D eigenvalue weighted by Gasteiger charge is -2.26. The Hall–Kier alpha value is -5.65. The van der Waals surface area contributed by atoms with E-state index in [4.69, 9.17) is 0 Å². The highest BCUT2D eigenvalue weighted by Gasteiger charge is 2.43. The Morgan fingerprint density at radius 1 is 0.654 bits per heavy atom. The zero-order valence-corrected chi connectivity index (χ0v) is 28.8. The van der Waals surface area contributed by atoms with Gasteiger partial charge in [-0.2, -0.15) is 23.7 Å². The number of hydrogen-bond acceptors (Lipinski definition) is 4. The van der Waals surface area contributed by atoms with E-state index in [-0.39, 0.29) is 4.88 Å². The van der Waals surface area contributed by atoms with Gasteiger partial charge in [0.2, 0.25) is 0 Å². The van der Waals surface area contributed by atoms with Crippen LogP contribution in [0.4, 0.5) is 47.8 Å². The molecule has 0 aliphatic carbocycles. The highest BCUT2D eigenvalue weighted by atomic mass is 32.1. The number of thiophene rings is 1. The fraction of sp³-hybridized carbons (Fsp3) is 0.171. The summed E-state index contributed by atoms with van der Waals surface area (Å²) in [5.74, 6) is -10.1. The lowest BCUT2D eigenvalue weighted by atomic mass is 9.96. The van der Waals surface area contributed by atoms with Crippen LogP contribution in [0.1, 0.15) is 64.3 Å². The van der Waals surface area contributed by atoms with Crippen LogP contribution in [0.3, 0.4) is 0 Å². The fourth-order valence-electron chi connectivity index (χ4n) is 5.75. The maximum atomic E-state index is 15.0. The van der Waals surface area contributed by atoms with Crippen LogP contribution < -0.4 is 4.90 Å². The summed E-state index contributed by atoms with van der Waals surface area (Å²) in [5.41, 5.74) is -0.0303. The largest absolute Gasteiger partial charge is 0.422 e. The Morgan fingerprint density at radius 3 is 1.54 bits per heavy atom. The molecule has 0 bridgehead atoms. The van der Waals surface area contributed by atoms with Gasteiger partial charge < -0.3 is 4.90 Å². The molecule has 3 nitrogen and oxygen atoms in total. The Bertz CT molecular complexity index is 2110. The number of nitriles is 2. The second-order valence-electron chi connectivity index (χ2n) is 11.8. The minimum Gasteiger partial charge on any atom is -0.311 e. The van der Waals surface area contributed by atoms with Gasteiger partial charge in [-0.05, 0) is 84.1 Å². The molecule has 1 heterocycles. The van der Waals surface area contributed by atoms with Crippen molar-refractivity contribution in [2.75, 3.05) is 4.90 Å². The molecule has 0 fully saturated rings. The number of anilines is 3.